The van der Waals surface area contributed by atoms with Crippen LogP contribution in [0.1, 0.15) is 11.1 Å². The first-order chi connectivity index (χ1) is 8.15. The van der Waals surface area contributed by atoms with E-state index in [4.69, 9.17) is 10.5 Å². The zero-order valence-corrected chi connectivity index (χ0v) is 9.48. The molecule has 0 bridgehead atoms. The Bertz CT molecular complexity index is 529. The lowest BCUT2D eigenvalue weighted by Crippen LogP contribution is -1.98. The van der Waals surface area contributed by atoms with Gasteiger partial charge < -0.3 is 10.5 Å². The molecule has 3 nitrogen and oxygen atoms in total. The van der Waals surface area contributed by atoms with E-state index in [1.165, 1.54) is 6.07 Å². The van der Waals surface area contributed by atoms with Crippen molar-refractivity contribution in [2.45, 2.75) is 13.5 Å². The van der Waals surface area contributed by atoms with Crippen LogP contribution in [0.15, 0.2) is 36.7 Å². The molecule has 0 unspecified atom stereocenters. The Labute approximate surface area is 99.1 Å². The van der Waals surface area contributed by atoms with Gasteiger partial charge in [-0.15, -0.1) is 0 Å². The van der Waals surface area contributed by atoms with Crippen molar-refractivity contribution in [1.29, 1.82) is 0 Å². The Balaban J connectivity index is 2.07. The molecule has 2 rings (SSSR count). The highest BCUT2D eigenvalue weighted by atomic mass is 19.1. The molecular weight excluding hydrogens is 219 g/mol. The maximum absolute atomic E-state index is 12.9. The lowest BCUT2D eigenvalue weighted by molar-refractivity contribution is 0.303. The van der Waals surface area contributed by atoms with E-state index in [0.29, 0.717) is 11.3 Å². The Kier molecular flexibility index (Phi) is 3.23. The van der Waals surface area contributed by atoms with Gasteiger partial charge in [-0.3, -0.25) is 4.98 Å². The van der Waals surface area contributed by atoms with Gasteiger partial charge in [0, 0.05) is 17.4 Å². The fraction of sp³-hybridized carbons (Fsp3) is 0.154. The van der Waals surface area contributed by atoms with E-state index in [-0.39, 0.29) is 12.4 Å². The van der Waals surface area contributed by atoms with Crippen LogP contribution < -0.4 is 10.5 Å². The van der Waals surface area contributed by atoms with Gasteiger partial charge >= 0.3 is 0 Å². The second kappa shape index (κ2) is 4.82. The lowest BCUT2D eigenvalue weighted by Gasteiger charge is -2.09. The van der Waals surface area contributed by atoms with E-state index in [1.54, 1.807) is 18.3 Å². The molecule has 0 fully saturated rings. The normalized spacial score (nSPS) is 10.2. The Morgan fingerprint density at radius 2 is 2.12 bits per heavy atom. The van der Waals surface area contributed by atoms with Gasteiger partial charge in [0.1, 0.15) is 18.2 Å². The standard InChI is InChI=1S/C13H13FN2O/c1-9-4-12(15)2-3-13(9)17-8-10-5-11(14)7-16-6-10/h2-7H,8,15H2,1H3. The van der Waals surface area contributed by atoms with Crippen LogP contribution in [-0.2, 0) is 6.61 Å². The van der Waals surface area contributed by atoms with Gasteiger partial charge in [0.25, 0.3) is 0 Å². The summed E-state index contributed by atoms with van der Waals surface area (Å²) in [7, 11) is 0. The molecule has 2 aromatic rings. The van der Waals surface area contributed by atoms with Crippen molar-refractivity contribution < 1.29 is 9.13 Å². The number of nitrogens with zero attached hydrogens (tertiary/aromatic N) is 1. The first kappa shape index (κ1) is 11.4. The molecule has 2 N–H and O–H groups in total. The minimum Gasteiger partial charge on any atom is -0.489 e. The summed E-state index contributed by atoms with van der Waals surface area (Å²) in [5, 5.41) is 0. The fourth-order valence-electron chi connectivity index (χ4n) is 1.53. The monoisotopic (exact) mass is 232 g/mol. The number of ether oxygens (including phenoxy) is 1. The summed E-state index contributed by atoms with van der Waals surface area (Å²) in [6.45, 7) is 2.20. The maximum atomic E-state index is 12.9. The van der Waals surface area contributed by atoms with Crippen LogP contribution in [0, 0.1) is 12.7 Å². The zero-order valence-electron chi connectivity index (χ0n) is 9.48. The van der Waals surface area contributed by atoms with Crippen molar-refractivity contribution in [2.75, 3.05) is 5.73 Å². The minimum atomic E-state index is -0.361. The molecule has 1 heterocycles. The molecule has 1 aromatic carbocycles. The van der Waals surface area contributed by atoms with Crippen LogP contribution in [0.3, 0.4) is 0 Å². The average Bonchev–Trinajstić information content (AvgIpc) is 2.28. The summed E-state index contributed by atoms with van der Waals surface area (Å²) >= 11 is 0. The SMILES string of the molecule is Cc1cc(N)ccc1OCc1cncc(F)c1. The summed E-state index contributed by atoms with van der Waals surface area (Å²) in [5.41, 5.74) is 7.98. The summed E-state index contributed by atoms with van der Waals surface area (Å²) in [6.07, 6.45) is 2.74. The van der Waals surface area contributed by atoms with E-state index in [9.17, 15) is 4.39 Å². The highest BCUT2D eigenvalue weighted by Crippen LogP contribution is 2.21. The largest absolute Gasteiger partial charge is 0.489 e. The smallest absolute Gasteiger partial charge is 0.141 e. The predicted molar refractivity (Wildman–Crippen MR) is 64.1 cm³/mol. The second-order valence-corrected chi connectivity index (χ2v) is 3.83. The average molecular weight is 232 g/mol. The van der Waals surface area contributed by atoms with Gasteiger partial charge in [-0.2, -0.15) is 0 Å². The molecule has 0 amide bonds. The van der Waals surface area contributed by atoms with E-state index >= 15 is 0 Å². The number of anilines is 1. The van der Waals surface area contributed by atoms with Gasteiger partial charge in [0.2, 0.25) is 0 Å². The topological polar surface area (TPSA) is 48.1 Å². The first-order valence-electron chi connectivity index (χ1n) is 5.23. The molecule has 0 aliphatic carbocycles. The number of nitrogens with two attached hydrogens (primary N) is 1. The second-order valence-electron chi connectivity index (χ2n) is 3.83. The maximum Gasteiger partial charge on any atom is 0.141 e. The van der Waals surface area contributed by atoms with Crippen LogP contribution in [0.4, 0.5) is 10.1 Å². The minimum absolute atomic E-state index is 0.287. The molecule has 0 spiro atoms. The molecule has 0 saturated heterocycles. The third-order valence-electron chi connectivity index (χ3n) is 2.35. The quantitative estimate of drug-likeness (QED) is 0.828. The lowest BCUT2D eigenvalue weighted by atomic mass is 10.2. The summed E-state index contributed by atoms with van der Waals surface area (Å²) in [6, 6.07) is 6.81. The third-order valence-corrected chi connectivity index (χ3v) is 2.35. The zero-order chi connectivity index (χ0) is 12.3. The molecule has 0 aliphatic heterocycles. The van der Waals surface area contributed by atoms with Gasteiger partial charge in [0.15, 0.2) is 0 Å². The van der Waals surface area contributed by atoms with Crippen molar-refractivity contribution in [1.82, 2.24) is 4.98 Å². The summed E-state index contributed by atoms with van der Waals surface area (Å²) < 4.78 is 18.5. The molecule has 4 heteroatoms. The Morgan fingerprint density at radius 3 is 2.82 bits per heavy atom. The molecule has 1 aromatic heterocycles. The Hall–Kier alpha value is -2.10. The molecule has 0 saturated carbocycles. The highest BCUT2D eigenvalue weighted by molar-refractivity contribution is 5.47. The number of rotatable bonds is 3. The molecular formula is C13H13FN2O. The van der Waals surface area contributed by atoms with Crippen molar-refractivity contribution >= 4 is 5.69 Å². The number of nitrogen functional groups attached to an aromatic ring is 1. The van der Waals surface area contributed by atoms with Gasteiger partial charge in [-0.1, -0.05) is 0 Å². The predicted octanol–water partition coefficient (Wildman–Crippen LogP) is 2.69. The van der Waals surface area contributed by atoms with Crippen LogP contribution >= 0.6 is 0 Å². The number of benzene rings is 1. The van der Waals surface area contributed by atoms with Crippen LogP contribution in [-0.4, -0.2) is 4.98 Å². The molecule has 0 atom stereocenters. The number of aryl methyl sites for hydroxylation is 1. The van der Waals surface area contributed by atoms with Crippen molar-refractivity contribution in [3.8, 4) is 5.75 Å². The van der Waals surface area contributed by atoms with Crippen LogP contribution in [0.25, 0.3) is 0 Å². The van der Waals surface area contributed by atoms with E-state index in [1.807, 2.05) is 13.0 Å². The van der Waals surface area contributed by atoms with Crippen LogP contribution in [0.2, 0.25) is 0 Å². The number of pyridine rings is 1. The summed E-state index contributed by atoms with van der Waals surface area (Å²) in [4.78, 5) is 3.76. The van der Waals surface area contributed by atoms with Crippen LogP contribution in [0.5, 0.6) is 5.75 Å². The third kappa shape index (κ3) is 2.93. The molecule has 88 valence electrons. The number of halogens is 1. The van der Waals surface area contributed by atoms with E-state index in [0.717, 1.165) is 17.5 Å². The Morgan fingerprint density at radius 1 is 1.29 bits per heavy atom. The van der Waals surface area contributed by atoms with Gasteiger partial charge in [0.05, 0.1) is 6.20 Å². The highest BCUT2D eigenvalue weighted by Gasteiger charge is 2.01. The number of hydrogen-bond donors (Lipinski definition) is 1. The molecule has 17 heavy (non-hydrogen) atoms. The fourth-order valence-corrected chi connectivity index (χ4v) is 1.53. The molecule has 0 aliphatic rings. The van der Waals surface area contributed by atoms with Gasteiger partial charge in [-0.05, 0) is 36.8 Å². The summed E-state index contributed by atoms with van der Waals surface area (Å²) in [5.74, 6) is 0.378. The molecule has 0 radical (unpaired) electrons. The van der Waals surface area contributed by atoms with Gasteiger partial charge in [-0.25, -0.2) is 4.39 Å². The van der Waals surface area contributed by atoms with E-state index in [2.05, 4.69) is 4.98 Å². The number of hydrogen-bond acceptors (Lipinski definition) is 3. The van der Waals surface area contributed by atoms with Crippen molar-refractivity contribution in [3.63, 3.8) is 0 Å². The van der Waals surface area contributed by atoms with Crippen molar-refractivity contribution in [3.05, 3.63) is 53.6 Å². The van der Waals surface area contributed by atoms with E-state index < -0.39 is 0 Å². The number of aromatic nitrogens is 1. The van der Waals surface area contributed by atoms with Crippen molar-refractivity contribution in [2.24, 2.45) is 0 Å². The first-order valence-corrected chi connectivity index (χ1v) is 5.23.